The summed E-state index contributed by atoms with van der Waals surface area (Å²) in [5.41, 5.74) is -2.23. The highest BCUT2D eigenvalue weighted by Crippen LogP contribution is 2.18. The molecule has 7 heteroatoms. The summed E-state index contributed by atoms with van der Waals surface area (Å²) in [5, 5.41) is 1.47. The summed E-state index contributed by atoms with van der Waals surface area (Å²) in [5.74, 6) is -8.31. The van der Waals surface area contributed by atoms with Gasteiger partial charge in [0.15, 0.2) is 0 Å². The number of imide groups is 1. The molecular weight excluding hydrogens is 290 g/mol. The van der Waals surface area contributed by atoms with Crippen LogP contribution in [0.4, 0.5) is 17.6 Å². The highest BCUT2D eigenvalue weighted by atomic mass is 19.1. The fraction of sp³-hybridized carbons (Fsp3) is 0. The Kier molecular flexibility index (Phi) is 5.18. The van der Waals surface area contributed by atoms with Crippen molar-refractivity contribution in [2.75, 3.05) is 0 Å². The van der Waals surface area contributed by atoms with E-state index in [1.807, 2.05) is 0 Å². The molecule has 0 heterocycles. The Bertz CT molecular complexity index is 645. The van der Waals surface area contributed by atoms with Gasteiger partial charge in [0, 0.05) is 0 Å². The average molecular weight is 299 g/mol. The molecule has 1 rings (SSSR count). The van der Waals surface area contributed by atoms with Gasteiger partial charge in [-0.15, -0.1) is 0 Å². The van der Waals surface area contributed by atoms with E-state index in [0.717, 1.165) is 18.2 Å². The quantitative estimate of drug-likeness (QED) is 0.527. The second-order valence-corrected chi connectivity index (χ2v) is 3.71. The number of nitrogens with one attached hydrogen (secondary N) is 1. The van der Waals surface area contributed by atoms with Crippen LogP contribution in [-0.2, 0) is 4.79 Å². The van der Waals surface area contributed by atoms with Gasteiger partial charge < -0.3 is 0 Å². The first-order valence-electron chi connectivity index (χ1n) is 5.46. The first-order valence-corrected chi connectivity index (χ1v) is 5.46. The van der Waals surface area contributed by atoms with E-state index in [9.17, 15) is 27.2 Å². The molecular formula is C14H9F4NO2. The van der Waals surface area contributed by atoms with Crippen molar-refractivity contribution in [3.8, 4) is 0 Å². The number of carbonyl (C=O) groups excluding carboxylic acids is 2. The maximum absolute atomic E-state index is 13.3. The van der Waals surface area contributed by atoms with Crippen molar-refractivity contribution in [3.05, 3.63) is 71.9 Å². The number of benzene rings is 1. The van der Waals surface area contributed by atoms with Crippen molar-refractivity contribution in [1.29, 1.82) is 0 Å². The predicted octanol–water partition coefficient (Wildman–Crippen LogP) is 3.11. The number of hydrogen-bond acceptors (Lipinski definition) is 2. The lowest BCUT2D eigenvalue weighted by Crippen LogP contribution is -2.33. The second-order valence-electron chi connectivity index (χ2n) is 3.71. The monoisotopic (exact) mass is 299 g/mol. The van der Waals surface area contributed by atoms with Crippen LogP contribution in [0.15, 0.2) is 54.7 Å². The minimum Gasteiger partial charge on any atom is -0.288 e. The number of halogens is 4. The molecule has 0 saturated carbocycles. The van der Waals surface area contributed by atoms with Crippen LogP contribution in [0.1, 0.15) is 10.4 Å². The molecule has 110 valence electrons. The first kappa shape index (κ1) is 16.4. The van der Waals surface area contributed by atoms with Crippen LogP contribution in [0, 0.1) is 11.6 Å². The van der Waals surface area contributed by atoms with Crippen LogP contribution in [-0.4, -0.2) is 11.8 Å². The Morgan fingerprint density at radius 1 is 1.14 bits per heavy atom. The third-order valence-electron chi connectivity index (χ3n) is 2.33. The molecule has 0 fully saturated rings. The summed E-state index contributed by atoms with van der Waals surface area (Å²) in [6, 6.07) is 2.59. The van der Waals surface area contributed by atoms with Gasteiger partial charge in [0.1, 0.15) is 34.4 Å². The molecule has 1 aromatic rings. The van der Waals surface area contributed by atoms with Gasteiger partial charge in [-0.3, -0.25) is 14.9 Å². The number of carbonyl (C=O) groups is 2. The average Bonchev–Trinajstić information content (AvgIpc) is 2.37. The van der Waals surface area contributed by atoms with Gasteiger partial charge >= 0.3 is 0 Å². The maximum atomic E-state index is 13.3. The van der Waals surface area contributed by atoms with Gasteiger partial charge in [-0.2, -0.15) is 0 Å². The number of allylic oxidation sites excluding steroid dienone is 2. The minimum absolute atomic E-state index is 0.522. The molecule has 1 aromatic carbocycles. The maximum Gasteiger partial charge on any atom is 0.264 e. The van der Waals surface area contributed by atoms with Crippen molar-refractivity contribution < 1.29 is 27.2 Å². The molecule has 0 aliphatic rings. The number of rotatable bonds is 4. The summed E-state index contributed by atoms with van der Waals surface area (Å²) < 4.78 is 52.9. The molecule has 1 N–H and O–H groups in total. The van der Waals surface area contributed by atoms with Gasteiger partial charge in [-0.25, -0.2) is 17.6 Å². The zero-order chi connectivity index (χ0) is 16.2. The summed E-state index contributed by atoms with van der Waals surface area (Å²) >= 11 is 0. The van der Waals surface area contributed by atoms with Gasteiger partial charge in [0.05, 0.1) is 0 Å². The van der Waals surface area contributed by atoms with E-state index < -0.39 is 46.2 Å². The molecule has 0 aromatic heterocycles. The molecule has 0 atom stereocenters. The summed E-state index contributed by atoms with van der Waals surface area (Å²) in [6.45, 7) is 5.71. The molecule has 0 aliphatic heterocycles. The topological polar surface area (TPSA) is 46.2 Å². The highest BCUT2D eigenvalue weighted by molar-refractivity contribution is 6.11. The molecule has 0 bridgehead atoms. The fourth-order valence-electron chi connectivity index (χ4n) is 1.41. The van der Waals surface area contributed by atoms with Gasteiger partial charge in [-0.1, -0.05) is 19.2 Å². The van der Waals surface area contributed by atoms with E-state index in [1.165, 1.54) is 5.32 Å². The molecule has 0 unspecified atom stereocenters. The lowest BCUT2D eigenvalue weighted by molar-refractivity contribution is -0.116. The molecule has 2 amide bonds. The van der Waals surface area contributed by atoms with Gasteiger partial charge in [0.25, 0.3) is 11.8 Å². The largest absolute Gasteiger partial charge is 0.288 e. The standard InChI is InChI=1S/C14H9F4NO2/c1-3-8(16)11(7(2)15)13(20)19-14(21)12-9(17)5-4-6-10(12)18/h3-6H,1-2H2,(H,19,20,21)/b11-8-. The minimum atomic E-state index is -1.53. The highest BCUT2D eigenvalue weighted by Gasteiger charge is 2.24. The van der Waals surface area contributed by atoms with Crippen LogP contribution < -0.4 is 5.32 Å². The molecule has 0 saturated heterocycles. The second kappa shape index (κ2) is 6.65. The normalized spacial score (nSPS) is 11.4. The van der Waals surface area contributed by atoms with Crippen molar-refractivity contribution in [1.82, 2.24) is 5.32 Å². The molecule has 0 radical (unpaired) electrons. The zero-order valence-electron chi connectivity index (χ0n) is 10.6. The van der Waals surface area contributed by atoms with E-state index in [1.54, 1.807) is 0 Å². The lowest BCUT2D eigenvalue weighted by Gasteiger charge is -2.07. The molecule has 0 spiro atoms. The lowest BCUT2D eigenvalue weighted by atomic mass is 10.1. The van der Waals surface area contributed by atoms with Crippen molar-refractivity contribution >= 4 is 11.8 Å². The SMILES string of the molecule is C=C/C(F)=C(\C(=C)F)C(=O)NC(=O)c1c(F)cccc1F. The molecule has 3 nitrogen and oxygen atoms in total. The summed E-state index contributed by atoms with van der Waals surface area (Å²) in [4.78, 5) is 23.2. The van der Waals surface area contributed by atoms with Crippen LogP contribution in [0.25, 0.3) is 0 Å². The van der Waals surface area contributed by atoms with Gasteiger partial charge in [0.2, 0.25) is 0 Å². The van der Waals surface area contributed by atoms with Crippen LogP contribution >= 0.6 is 0 Å². The van der Waals surface area contributed by atoms with Crippen molar-refractivity contribution in [2.45, 2.75) is 0 Å². The van der Waals surface area contributed by atoms with E-state index >= 15 is 0 Å². The van der Waals surface area contributed by atoms with Gasteiger partial charge in [-0.05, 0) is 18.2 Å². The number of hydrogen-bond donors (Lipinski definition) is 1. The summed E-state index contributed by atoms with van der Waals surface area (Å²) in [6.07, 6.45) is 0.522. The van der Waals surface area contributed by atoms with Crippen LogP contribution in [0.3, 0.4) is 0 Å². The fourth-order valence-corrected chi connectivity index (χ4v) is 1.41. The first-order chi connectivity index (χ1) is 9.79. The Morgan fingerprint density at radius 2 is 1.67 bits per heavy atom. The van der Waals surface area contributed by atoms with Crippen LogP contribution in [0.2, 0.25) is 0 Å². The molecule has 21 heavy (non-hydrogen) atoms. The Hall–Kier alpha value is -2.70. The van der Waals surface area contributed by atoms with E-state index in [4.69, 9.17) is 0 Å². The Balaban J connectivity index is 3.11. The van der Waals surface area contributed by atoms with E-state index in [2.05, 4.69) is 13.2 Å². The predicted molar refractivity (Wildman–Crippen MR) is 67.4 cm³/mol. The van der Waals surface area contributed by atoms with Crippen molar-refractivity contribution in [2.24, 2.45) is 0 Å². The summed E-state index contributed by atoms with van der Waals surface area (Å²) in [7, 11) is 0. The van der Waals surface area contributed by atoms with E-state index in [-0.39, 0.29) is 0 Å². The van der Waals surface area contributed by atoms with E-state index in [0.29, 0.717) is 6.08 Å². The number of amides is 2. The third kappa shape index (κ3) is 3.65. The zero-order valence-corrected chi connectivity index (χ0v) is 10.6. The Labute approximate surface area is 117 Å². The Morgan fingerprint density at radius 3 is 2.10 bits per heavy atom. The third-order valence-corrected chi connectivity index (χ3v) is 2.33. The van der Waals surface area contributed by atoms with Crippen molar-refractivity contribution in [3.63, 3.8) is 0 Å². The molecule has 0 aliphatic carbocycles. The smallest absolute Gasteiger partial charge is 0.264 e. The van der Waals surface area contributed by atoms with Crippen LogP contribution in [0.5, 0.6) is 0 Å².